The molecule has 1 nitrogen and oxygen atoms in total. The average molecular weight is 205 g/mol. The molecule has 0 radical (unpaired) electrons. The highest BCUT2D eigenvalue weighted by Crippen LogP contribution is 2.57. The lowest BCUT2D eigenvalue weighted by Gasteiger charge is -2.44. The summed E-state index contributed by atoms with van der Waals surface area (Å²) >= 11 is 0. The van der Waals surface area contributed by atoms with E-state index < -0.39 is 5.92 Å². The Hall–Kier alpha value is -0.180. The summed E-state index contributed by atoms with van der Waals surface area (Å²) < 4.78 is 25.3. The molecular formula is C11H21F2N. The molecule has 1 atom stereocenters. The molecule has 2 aliphatic rings. The maximum Gasteiger partial charge on any atom is 0.249 e. The zero-order chi connectivity index (χ0) is 11.0. The Morgan fingerprint density at radius 2 is 1.71 bits per heavy atom. The Bertz CT molecular complexity index is 176. The van der Waals surface area contributed by atoms with Crippen molar-refractivity contribution in [1.29, 1.82) is 0 Å². The van der Waals surface area contributed by atoms with Crippen molar-refractivity contribution in [2.24, 2.45) is 5.41 Å². The number of rotatable bonds is 0. The smallest absolute Gasteiger partial charge is 0.249 e. The van der Waals surface area contributed by atoms with Gasteiger partial charge in [-0.3, -0.25) is 0 Å². The quantitative estimate of drug-likeness (QED) is 0.587. The van der Waals surface area contributed by atoms with E-state index in [1.807, 2.05) is 20.9 Å². The topological polar surface area (TPSA) is 3.24 Å². The summed E-state index contributed by atoms with van der Waals surface area (Å²) in [4.78, 5) is 2.19. The van der Waals surface area contributed by atoms with Crippen molar-refractivity contribution in [3.05, 3.63) is 0 Å². The summed E-state index contributed by atoms with van der Waals surface area (Å²) in [6, 6.07) is 0.487. The molecule has 14 heavy (non-hydrogen) atoms. The van der Waals surface area contributed by atoms with Gasteiger partial charge < -0.3 is 4.90 Å². The zero-order valence-corrected chi connectivity index (χ0v) is 9.61. The standard InChI is InChI=1S/C9H15F2N.C2H6/c1-7-3-8(6-12(7)2)4-9(10,11)5-8;1-2/h7H,3-6H2,1-2H3;1-2H3. The van der Waals surface area contributed by atoms with Crippen LogP contribution in [0.2, 0.25) is 0 Å². The van der Waals surface area contributed by atoms with Gasteiger partial charge >= 0.3 is 0 Å². The fourth-order valence-corrected chi connectivity index (χ4v) is 2.83. The number of likely N-dealkylation sites (tertiary alicyclic amines) is 1. The molecule has 1 heterocycles. The molecule has 0 aromatic carbocycles. The molecule has 1 unspecified atom stereocenters. The van der Waals surface area contributed by atoms with Crippen LogP contribution in [0.5, 0.6) is 0 Å². The van der Waals surface area contributed by atoms with E-state index in [-0.39, 0.29) is 18.3 Å². The van der Waals surface area contributed by atoms with Crippen molar-refractivity contribution >= 4 is 0 Å². The van der Waals surface area contributed by atoms with Gasteiger partial charge in [0, 0.05) is 25.4 Å². The molecule has 0 bridgehead atoms. The Morgan fingerprint density at radius 3 is 2.00 bits per heavy atom. The van der Waals surface area contributed by atoms with Crippen LogP contribution in [0.1, 0.15) is 40.0 Å². The lowest BCUT2D eigenvalue weighted by atomic mass is 9.65. The number of nitrogens with zero attached hydrogens (tertiary/aromatic N) is 1. The lowest BCUT2D eigenvalue weighted by molar-refractivity contribution is -0.155. The van der Waals surface area contributed by atoms with Crippen molar-refractivity contribution in [3.63, 3.8) is 0 Å². The van der Waals surface area contributed by atoms with Crippen LogP contribution in [0, 0.1) is 5.41 Å². The van der Waals surface area contributed by atoms with E-state index in [0.29, 0.717) is 6.04 Å². The molecule has 1 saturated carbocycles. The fourth-order valence-electron chi connectivity index (χ4n) is 2.83. The molecule has 1 aliphatic carbocycles. The van der Waals surface area contributed by atoms with Gasteiger partial charge in [-0.05, 0) is 25.8 Å². The molecule has 84 valence electrons. The van der Waals surface area contributed by atoms with E-state index in [4.69, 9.17) is 0 Å². The summed E-state index contributed by atoms with van der Waals surface area (Å²) in [7, 11) is 2.02. The fraction of sp³-hybridized carbons (Fsp3) is 1.00. The molecular weight excluding hydrogens is 184 g/mol. The van der Waals surface area contributed by atoms with Crippen molar-refractivity contribution in [3.8, 4) is 0 Å². The second kappa shape index (κ2) is 3.76. The van der Waals surface area contributed by atoms with Crippen LogP contribution in [0.15, 0.2) is 0 Å². The summed E-state index contributed by atoms with van der Waals surface area (Å²) in [5.74, 6) is -2.36. The predicted molar refractivity (Wildman–Crippen MR) is 54.7 cm³/mol. The van der Waals surface area contributed by atoms with Crippen LogP contribution in [0.3, 0.4) is 0 Å². The number of hydrogen-bond acceptors (Lipinski definition) is 1. The first kappa shape index (κ1) is 11.9. The van der Waals surface area contributed by atoms with Crippen LogP contribution in [-0.4, -0.2) is 30.5 Å². The minimum Gasteiger partial charge on any atom is -0.303 e. The van der Waals surface area contributed by atoms with Gasteiger partial charge in [0.15, 0.2) is 0 Å². The first-order chi connectivity index (χ1) is 6.43. The molecule has 2 rings (SSSR count). The first-order valence-electron chi connectivity index (χ1n) is 5.51. The number of halogens is 2. The van der Waals surface area contributed by atoms with E-state index in [1.54, 1.807) is 0 Å². The monoisotopic (exact) mass is 205 g/mol. The third-order valence-electron chi connectivity index (χ3n) is 3.33. The average Bonchev–Trinajstić information content (AvgIpc) is 2.29. The van der Waals surface area contributed by atoms with Gasteiger partial charge in [0.1, 0.15) is 0 Å². The van der Waals surface area contributed by atoms with Crippen molar-refractivity contribution in [2.45, 2.75) is 52.0 Å². The van der Waals surface area contributed by atoms with Crippen LogP contribution in [0.4, 0.5) is 8.78 Å². The zero-order valence-electron chi connectivity index (χ0n) is 9.61. The van der Waals surface area contributed by atoms with Crippen molar-refractivity contribution in [1.82, 2.24) is 4.90 Å². The Balaban J connectivity index is 0.000000461. The highest BCUT2D eigenvalue weighted by atomic mass is 19.3. The molecule has 0 N–H and O–H groups in total. The van der Waals surface area contributed by atoms with Crippen molar-refractivity contribution < 1.29 is 8.78 Å². The molecule has 1 aliphatic heterocycles. The summed E-state index contributed by atoms with van der Waals surface area (Å²) in [6.07, 6.45) is 1.20. The largest absolute Gasteiger partial charge is 0.303 e. The van der Waals surface area contributed by atoms with Crippen LogP contribution < -0.4 is 0 Å². The highest BCUT2D eigenvalue weighted by molar-refractivity contribution is 5.05. The first-order valence-corrected chi connectivity index (χ1v) is 5.51. The SMILES string of the molecule is CC.CC1CC2(CN1C)CC(F)(F)C2. The molecule has 2 fully saturated rings. The van der Waals surface area contributed by atoms with E-state index in [2.05, 4.69) is 11.8 Å². The van der Waals surface area contributed by atoms with Gasteiger partial charge in [0.2, 0.25) is 5.92 Å². The second-order valence-electron chi connectivity index (χ2n) is 4.68. The summed E-state index contributed by atoms with van der Waals surface area (Å²) in [5.41, 5.74) is -0.0301. The third kappa shape index (κ3) is 2.08. The van der Waals surface area contributed by atoms with E-state index in [9.17, 15) is 8.78 Å². The number of hydrogen-bond donors (Lipinski definition) is 0. The van der Waals surface area contributed by atoms with Gasteiger partial charge in [-0.1, -0.05) is 13.8 Å². The van der Waals surface area contributed by atoms with Gasteiger partial charge in [0.25, 0.3) is 0 Å². The molecule has 0 aromatic heterocycles. The maximum atomic E-state index is 12.7. The van der Waals surface area contributed by atoms with E-state index >= 15 is 0 Å². The molecule has 3 heteroatoms. The number of alkyl halides is 2. The van der Waals surface area contributed by atoms with Crippen molar-refractivity contribution in [2.75, 3.05) is 13.6 Å². The molecule has 1 saturated heterocycles. The van der Waals surface area contributed by atoms with Gasteiger partial charge in [-0.15, -0.1) is 0 Å². The lowest BCUT2D eigenvalue weighted by Crippen LogP contribution is -2.47. The molecule has 1 spiro atoms. The van der Waals surface area contributed by atoms with Gasteiger partial charge in [-0.2, -0.15) is 0 Å². The predicted octanol–water partition coefficient (Wildman–Crippen LogP) is 3.15. The third-order valence-corrected chi connectivity index (χ3v) is 3.33. The molecule has 0 aromatic rings. The summed E-state index contributed by atoms with van der Waals surface area (Å²) in [5, 5.41) is 0. The maximum absolute atomic E-state index is 12.7. The highest BCUT2D eigenvalue weighted by Gasteiger charge is 2.59. The van der Waals surface area contributed by atoms with E-state index in [1.165, 1.54) is 0 Å². The minimum absolute atomic E-state index is 0.0301. The minimum atomic E-state index is -2.36. The van der Waals surface area contributed by atoms with Gasteiger partial charge in [0.05, 0.1) is 0 Å². The summed E-state index contributed by atoms with van der Waals surface area (Å²) in [6.45, 7) is 6.98. The Morgan fingerprint density at radius 1 is 1.21 bits per heavy atom. The second-order valence-corrected chi connectivity index (χ2v) is 4.68. The Kier molecular flexibility index (Phi) is 3.20. The normalized spacial score (nSPS) is 33.4. The van der Waals surface area contributed by atoms with Gasteiger partial charge in [-0.25, -0.2) is 8.78 Å². The van der Waals surface area contributed by atoms with Crippen LogP contribution >= 0.6 is 0 Å². The van der Waals surface area contributed by atoms with E-state index in [0.717, 1.165) is 13.0 Å². The van der Waals surface area contributed by atoms with Crippen LogP contribution in [-0.2, 0) is 0 Å². The Labute approximate surface area is 85.5 Å². The van der Waals surface area contributed by atoms with Crippen LogP contribution in [0.25, 0.3) is 0 Å². The molecule has 0 amide bonds.